The van der Waals surface area contributed by atoms with Gasteiger partial charge < -0.3 is 20.1 Å². The van der Waals surface area contributed by atoms with E-state index in [1.165, 1.54) is 0 Å². The van der Waals surface area contributed by atoms with Crippen molar-refractivity contribution in [3.8, 4) is 5.75 Å². The van der Waals surface area contributed by atoms with Crippen molar-refractivity contribution in [2.75, 3.05) is 20.2 Å². The van der Waals surface area contributed by atoms with Crippen molar-refractivity contribution < 1.29 is 19.4 Å². The van der Waals surface area contributed by atoms with E-state index in [1.54, 1.807) is 36.3 Å². The van der Waals surface area contributed by atoms with E-state index in [-0.39, 0.29) is 12.5 Å². The molecule has 1 unspecified atom stereocenters. The Balaban J connectivity index is 2.12. The molecule has 0 saturated carbocycles. The molecule has 1 aliphatic heterocycles. The van der Waals surface area contributed by atoms with Gasteiger partial charge >= 0.3 is 12.0 Å². The van der Waals surface area contributed by atoms with Crippen LogP contribution in [0.1, 0.15) is 24.4 Å². The maximum absolute atomic E-state index is 11.9. The number of carbonyl (C=O) groups excluding carboxylic acids is 1. The molecule has 2 N–H and O–H groups in total. The fraction of sp³-hybridized carbons (Fsp3) is 0.429. The van der Waals surface area contributed by atoms with Gasteiger partial charge in [-0.3, -0.25) is 4.79 Å². The summed E-state index contributed by atoms with van der Waals surface area (Å²) in [5.74, 6) is -0.321. The summed E-state index contributed by atoms with van der Waals surface area (Å²) in [5.41, 5.74) is 0.723. The summed E-state index contributed by atoms with van der Waals surface area (Å²) in [4.78, 5) is 24.6. The number of nitrogens with one attached hydrogen (secondary N) is 1. The lowest BCUT2D eigenvalue weighted by Gasteiger charge is -2.32. The van der Waals surface area contributed by atoms with Crippen LogP contribution in [0, 0.1) is 0 Å². The molecule has 1 saturated heterocycles. The van der Waals surface area contributed by atoms with Gasteiger partial charge in [0, 0.05) is 13.1 Å². The van der Waals surface area contributed by atoms with E-state index in [0.29, 0.717) is 5.75 Å². The van der Waals surface area contributed by atoms with E-state index in [0.717, 1.165) is 25.1 Å². The van der Waals surface area contributed by atoms with E-state index in [9.17, 15) is 9.59 Å². The molecule has 1 heterocycles. The molecule has 108 valence electrons. The Morgan fingerprint density at radius 1 is 1.45 bits per heavy atom. The van der Waals surface area contributed by atoms with E-state index >= 15 is 0 Å². The predicted octanol–water partition coefficient (Wildman–Crippen LogP) is 1.63. The number of amides is 2. The summed E-state index contributed by atoms with van der Waals surface area (Å²) >= 11 is 0. The van der Waals surface area contributed by atoms with Gasteiger partial charge in [0.2, 0.25) is 0 Å². The Morgan fingerprint density at radius 2 is 2.20 bits per heavy atom. The summed E-state index contributed by atoms with van der Waals surface area (Å²) in [5, 5.41) is 11.8. The molecule has 0 aliphatic carbocycles. The number of urea groups is 1. The lowest BCUT2D eigenvalue weighted by molar-refractivity contribution is -0.137. The first kappa shape index (κ1) is 14.2. The van der Waals surface area contributed by atoms with Crippen molar-refractivity contribution in [1.29, 1.82) is 0 Å². The fourth-order valence-electron chi connectivity index (χ4n) is 2.04. The molecule has 20 heavy (non-hydrogen) atoms. The van der Waals surface area contributed by atoms with Gasteiger partial charge in [0.25, 0.3) is 0 Å². The number of carboxylic acid groups (broad SMARTS) is 1. The van der Waals surface area contributed by atoms with Crippen LogP contribution in [0.15, 0.2) is 24.3 Å². The average molecular weight is 278 g/mol. The smallest absolute Gasteiger partial charge is 0.317 e. The molecule has 0 aromatic heterocycles. The number of carbonyl (C=O) groups is 2. The molecule has 6 nitrogen and oxygen atoms in total. The van der Waals surface area contributed by atoms with E-state index < -0.39 is 12.0 Å². The zero-order valence-electron chi connectivity index (χ0n) is 11.3. The zero-order valence-corrected chi connectivity index (χ0v) is 11.3. The van der Waals surface area contributed by atoms with Crippen molar-refractivity contribution in [3.05, 3.63) is 29.8 Å². The maximum Gasteiger partial charge on any atom is 0.317 e. The van der Waals surface area contributed by atoms with Crippen molar-refractivity contribution in [3.63, 3.8) is 0 Å². The first-order valence-corrected chi connectivity index (χ1v) is 6.51. The zero-order chi connectivity index (χ0) is 14.5. The summed E-state index contributed by atoms with van der Waals surface area (Å²) in [6.45, 7) is 1.45. The first-order chi connectivity index (χ1) is 9.60. The van der Waals surface area contributed by atoms with Crippen LogP contribution in [0.4, 0.5) is 4.79 Å². The molecule has 2 rings (SSSR count). The van der Waals surface area contributed by atoms with Gasteiger partial charge in [0.05, 0.1) is 19.6 Å². The number of carboxylic acids is 1. The minimum atomic E-state index is -0.957. The quantitative estimate of drug-likeness (QED) is 0.858. The standard InChI is InChI=1S/C14H18N2O4/c1-20-11-5-2-4-10(8-11)12(9-13(17)18)15-14(19)16-6-3-7-16/h2,4-5,8,12H,3,6-7,9H2,1H3,(H,15,19)(H,17,18). The van der Waals surface area contributed by atoms with Gasteiger partial charge in [-0.2, -0.15) is 0 Å². The highest BCUT2D eigenvalue weighted by Gasteiger charge is 2.24. The van der Waals surface area contributed by atoms with Gasteiger partial charge in [-0.15, -0.1) is 0 Å². The third kappa shape index (κ3) is 3.40. The van der Waals surface area contributed by atoms with Gasteiger partial charge in [-0.1, -0.05) is 12.1 Å². The summed E-state index contributed by atoms with van der Waals surface area (Å²) in [7, 11) is 1.55. The number of methoxy groups -OCH3 is 1. The molecule has 0 radical (unpaired) electrons. The van der Waals surface area contributed by atoms with Crippen LogP contribution >= 0.6 is 0 Å². The molecule has 6 heteroatoms. The summed E-state index contributed by atoms with van der Waals surface area (Å²) in [6.07, 6.45) is 0.836. The molecule has 1 aromatic rings. The Morgan fingerprint density at radius 3 is 2.75 bits per heavy atom. The van der Waals surface area contributed by atoms with Gasteiger partial charge in [0.1, 0.15) is 5.75 Å². The fourth-order valence-corrected chi connectivity index (χ4v) is 2.04. The van der Waals surface area contributed by atoms with Crippen LogP contribution in [-0.4, -0.2) is 42.2 Å². The lowest BCUT2D eigenvalue weighted by atomic mass is 10.0. The molecule has 0 bridgehead atoms. The molecule has 2 amide bonds. The van der Waals surface area contributed by atoms with E-state index in [2.05, 4.69) is 5.32 Å². The van der Waals surface area contributed by atoms with Crippen LogP contribution in [0.2, 0.25) is 0 Å². The second-order valence-corrected chi connectivity index (χ2v) is 4.72. The second kappa shape index (κ2) is 6.27. The van der Waals surface area contributed by atoms with Crippen LogP contribution in [0.3, 0.4) is 0 Å². The Kier molecular flexibility index (Phi) is 4.45. The third-order valence-electron chi connectivity index (χ3n) is 3.32. The highest BCUT2D eigenvalue weighted by Crippen LogP contribution is 2.22. The van der Waals surface area contributed by atoms with Crippen molar-refractivity contribution in [2.45, 2.75) is 18.9 Å². The molecule has 1 fully saturated rings. The number of likely N-dealkylation sites (tertiary alicyclic amines) is 1. The van der Waals surface area contributed by atoms with Crippen LogP contribution < -0.4 is 10.1 Å². The Hall–Kier alpha value is -2.24. The van der Waals surface area contributed by atoms with Gasteiger partial charge in [0.15, 0.2) is 0 Å². The average Bonchev–Trinajstić information content (AvgIpc) is 2.35. The largest absolute Gasteiger partial charge is 0.497 e. The van der Waals surface area contributed by atoms with Crippen molar-refractivity contribution in [1.82, 2.24) is 10.2 Å². The predicted molar refractivity (Wildman–Crippen MR) is 72.7 cm³/mol. The SMILES string of the molecule is COc1cccc(C(CC(=O)O)NC(=O)N2CCC2)c1. The first-order valence-electron chi connectivity index (χ1n) is 6.51. The molecular formula is C14H18N2O4. The molecular weight excluding hydrogens is 260 g/mol. The number of aliphatic carboxylic acids is 1. The van der Waals surface area contributed by atoms with E-state index in [4.69, 9.17) is 9.84 Å². The number of hydrogen-bond acceptors (Lipinski definition) is 3. The maximum atomic E-state index is 11.9. The van der Waals surface area contributed by atoms with Crippen LogP contribution in [0.25, 0.3) is 0 Å². The third-order valence-corrected chi connectivity index (χ3v) is 3.32. The number of ether oxygens (including phenoxy) is 1. The summed E-state index contributed by atoms with van der Waals surface area (Å²) < 4.78 is 5.12. The Labute approximate surface area is 117 Å². The lowest BCUT2D eigenvalue weighted by Crippen LogP contribution is -2.48. The molecule has 0 spiro atoms. The van der Waals surface area contributed by atoms with Gasteiger partial charge in [-0.25, -0.2) is 4.79 Å². The minimum Gasteiger partial charge on any atom is -0.497 e. The highest BCUT2D eigenvalue weighted by molar-refractivity contribution is 5.77. The molecule has 1 aromatic carbocycles. The van der Waals surface area contributed by atoms with Crippen LogP contribution in [-0.2, 0) is 4.79 Å². The second-order valence-electron chi connectivity index (χ2n) is 4.72. The topological polar surface area (TPSA) is 78.9 Å². The number of hydrogen-bond donors (Lipinski definition) is 2. The van der Waals surface area contributed by atoms with Crippen molar-refractivity contribution in [2.24, 2.45) is 0 Å². The summed E-state index contributed by atoms with van der Waals surface area (Å²) in [6, 6.07) is 6.30. The number of nitrogens with zero attached hydrogens (tertiary/aromatic N) is 1. The molecule has 1 atom stereocenters. The number of rotatable bonds is 5. The minimum absolute atomic E-state index is 0.160. The van der Waals surface area contributed by atoms with Crippen LogP contribution in [0.5, 0.6) is 5.75 Å². The monoisotopic (exact) mass is 278 g/mol. The molecule has 1 aliphatic rings. The highest BCUT2D eigenvalue weighted by atomic mass is 16.5. The van der Waals surface area contributed by atoms with E-state index in [1.807, 2.05) is 0 Å². The van der Waals surface area contributed by atoms with Crippen molar-refractivity contribution >= 4 is 12.0 Å². The number of benzene rings is 1. The Bertz CT molecular complexity index is 500. The normalized spacial score (nSPS) is 15.2. The van der Waals surface area contributed by atoms with Gasteiger partial charge in [-0.05, 0) is 24.1 Å².